The minimum Gasteiger partial charge on any atom is -0.363 e. The summed E-state index contributed by atoms with van der Waals surface area (Å²) < 4.78 is 1.62. The van der Waals surface area contributed by atoms with Gasteiger partial charge in [-0.25, -0.2) is 4.98 Å². The van der Waals surface area contributed by atoms with Gasteiger partial charge in [0.2, 0.25) is 5.91 Å². The molecule has 3 aromatic rings. The highest BCUT2D eigenvalue weighted by atomic mass is 32.1. The van der Waals surface area contributed by atoms with Crippen LogP contribution in [0.25, 0.3) is 4.96 Å². The molecule has 1 N–H and O–H groups in total. The first kappa shape index (κ1) is 15.8. The third kappa shape index (κ3) is 2.80. The molecule has 1 aliphatic rings. The highest BCUT2D eigenvalue weighted by molar-refractivity contribution is 7.15. The predicted octanol–water partition coefficient (Wildman–Crippen LogP) is 2.66. The molecule has 6 nitrogen and oxygen atoms in total. The number of aromatic nitrogens is 2. The summed E-state index contributed by atoms with van der Waals surface area (Å²) in [5.41, 5.74) is 3.28. The van der Waals surface area contributed by atoms with Crippen molar-refractivity contribution in [2.24, 2.45) is 5.92 Å². The van der Waals surface area contributed by atoms with Crippen LogP contribution in [0.4, 0.5) is 11.4 Å². The minimum atomic E-state index is -0.152. The van der Waals surface area contributed by atoms with Gasteiger partial charge in [0.05, 0.1) is 29.5 Å². The Morgan fingerprint density at radius 3 is 2.96 bits per heavy atom. The van der Waals surface area contributed by atoms with Crippen molar-refractivity contribution in [1.29, 1.82) is 0 Å². The number of carbonyl (C=O) groups is 1. The van der Waals surface area contributed by atoms with Crippen molar-refractivity contribution in [1.82, 2.24) is 9.38 Å². The van der Waals surface area contributed by atoms with E-state index in [9.17, 15) is 9.59 Å². The van der Waals surface area contributed by atoms with Gasteiger partial charge in [-0.15, -0.1) is 11.3 Å². The fourth-order valence-corrected chi connectivity index (χ4v) is 4.04. The summed E-state index contributed by atoms with van der Waals surface area (Å²) in [5.74, 6) is -0.145. The van der Waals surface area contributed by atoms with E-state index in [0.29, 0.717) is 23.7 Å². The molecule has 0 aliphatic carbocycles. The molecular formula is C18H18N4O2S. The second kappa shape index (κ2) is 6.00. The van der Waals surface area contributed by atoms with E-state index < -0.39 is 0 Å². The number of benzene rings is 1. The van der Waals surface area contributed by atoms with Crippen LogP contribution in [0.5, 0.6) is 0 Å². The van der Waals surface area contributed by atoms with Crippen LogP contribution in [0.2, 0.25) is 0 Å². The number of para-hydroxylation sites is 2. The van der Waals surface area contributed by atoms with Crippen molar-refractivity contribution in [3.63, 3.8) is 0 Å². The SMILES string of the molecule is Cc1csc2nc(CN3CC(C)C(=O)Nc4ccccc43)cc(=O)n12. The number of thiazole rings is 1. The second-order valence-corrected chi connectivity index (χ2v) is 7.21. The number of aryl methyl sites for hydroxylation is 1. The Labute approximate surface area is 148 Å². The summed E-state index contributed by atoms with van der Waals surface area (Å²) in [6, 6.07) is 9.31. The number of nitrogens with zero attached hydrogens (tertiary/aromatic N) is 3. The monoisotopic (exact) mass is 354 g/mol. The van der Waals surface area contributed by atoms with Gasteiger partial charge in [-0.3, -0.25) is 14.0 Å². The van der Waals surface area contributed by atoms with Crippen molar-refractivity contribution in [2.45, 2.75) is 20.4 Å². The topological polar surface area (TPSA) is 66.7 Å². The van der Waals surface area contributed by atoms with Crippen LogP contribution in [0, 0.1) is 12.8 Å². The number of rotatable bonds is 2. The summed E-state index contributed by atoms with van der Waals surface area (Å²) in [6.45, 7) is 4.87. The zero-order chi connectivity index (χ0) is 17.6. The molecule has 0 saturated carbocycles. The average Bonchev–Trinajstić information content (AvgIpc) is 2.90. The molecule has 7 heteroatoms. The Balaban J connectivity index is 1.74. The van der Waals surface area contributed by atoms with Gasteiger partial charge < -0.3 is 10.2 Å². The molecule has 1 atom stereocenters. The fraction of sp³-hybridized carbons (Fsp3) is 0.278. The summed E-state index contributed by atoms with van der Waals surface area (Å²) in [5, 5.41) is 4.90. The van der Waals surface area contributed by atoms with Gasteiger partial charge in [0.15, 0.2) is 4.96 Å². The normalized spacial score (nSPS) is 17.3. The molecule has 0 fully saturated rings. The standard InChI is InChI=1S/C18H18N4O2S/c1-11-8-21(15-6-4-3-5-14(15)20-17(11)24)9-13-7-16(23)22-12(2)10-25-18(22)19-13/h3-7,10-11H,8-9H2,1-2H3,(H,20,24). The summed E-state index contributed by atoms with van der Waals surface area (Å²) in [4.78, 5) is 32.0. The Morgan fingerprint density at radius 2 is 2.12 bits per heavy atom. The molecule has 1 amide bonds. The van der Waals surface area contributed by atoms with E-state index in [2.05, 4.69) is 15.2 Å². The number of carbonyl (C=O) groups excluding carboxylic acids is 1. The average molecular weight is 354 g/mol. The highest BCUT2D eigenvalue weighted by Crippen LogP contribution is 2.30. The van der Waals surface area contributed by atoms with Crippen molar-refractivity contribution in [2.75, 3.05) is 16.8 Å². The number of hydrogen-bond donors (Lipinski definition) is 1. The van der Waals surface area contributed by atoms with E-state index in [1.807, 2.05) is 43.5 Å². The van der Waals surface area contributed by atoms with Crippen molar-refractivity contribution in [3.8, 4) is 0 Å². The number of hydrogen-bond acceptors (Lipinski definition) is 5. The molecule has 0 radical (unpaired) electrons. The lowest BCUT2D eigenvalue weighted by Gasteiger charge is -2.25. The maximum atomic E-state index is 12.4. The fourth-order valence-electron chi connectivity index (χ4n) is 3.15. The quantitative estimate of drug-likeness (QED) is 0.768. The molecule has 1 unspecified atom stereocenters. The second-order valence-electron chi connectivity index (χ2n) is 6.37. The van der Waals surface area contributed by atoms with Crippen LogP contribution >= 0.6 is 11.3 Å². The lowest BCUT2D eigenvalue weighted by Crippen LogP contribution is -2.31. The molecule has 128 valence electrons. The molecule has 0 bridgehead atoms. The predicted molar refractivity (Wildman–Crippen MR) is 99.4 cm³/mol. The van der Waals surface area contributed by atoms with Crippen LogP contribution in [0.1, 0.15) is 18.3 Å². The largest absolute Gasteiger partial charge is 0.363 e. The van der Waals surface area contributed by atoms with Gasteiger partial charge in [0.1, 0.15) is 0 Å². The Kier molecular flexibility index (Phi) is 3.80. The minimum absolute atomic E-state index is 0.00677. The third-order valence-electron chi connectivity index (χ3n) is 4.43. The number of amides is 1. The zero-order valence-electron chi connectivity index (χ0n) is 14.0. The summed E-state index contributed by atoms with van der Waals surface area (Å²) in [7, 11) is 0. The van der Waals surface area contributed by atoms with Gasteiger partial charge >= 0.3 is 0 Å². The van der Waals surface area contributed by atoms with Gasteiger partial charge in [-0.05, 0) is 19.1 Å². The third-order valence-corrected chi connectivity index (χ3v) is 5.37. The van der Waals surface area contributed by atoms with E-state index in [1.165, 1.54) is 11.3 Å². The van der Waals surface area contributed by atoms with Crippen molar-refractivity contribution < 1.29 is 4.79 Å². The van der Waals surface area contributed by atoms with Gasteiger partial charge in [-0.2, -0.15) is 0 Å². The molecular weight excluding hydrogens is 336 g/mol. The van der Waals surface area contributed by atoms with Crippen molar-refractivity contribution in [3.05, 3.63) is 57.5 Å². The molecule has 4 rings (SSSR count). The number of anilines is 2. The van der Waals surface area contributed by atoms with Crippen LogP contribution in [-0.4, -0.2) is 21.8 Å². The van der Waals surface area contributed by atoms with Crippen LogP contribution in [0.15, 0.2) is 40.5 Å². The molecule has 0 spiro atoms. The first-order valence-electron chi connectivity index (χ1n) is 8.14. The highest BCUT2D eigenvalue weighted by Gasteiger charge is 2.25. The Bertz CT molecular complexity index is 1020. The summed E-state index contributed by atoms with van der Waals surface area (Å²) >= 11 is 1.46. The maximum absolute atomic E-state index is 12.4. The molecule has 3 heterocycles. The van der Waals surface area contributed by atoms with Gasteiger partial charge in [-0.1, -0.05) is 19.1 Å². The number of fused-ring (bicyclic) bond motifs is 2. The van der Waals surface area contributed by atoms with E-state index in [4.69, 9.17) is 0 Å². The summed E-state index contributed by atoms with van der Waals surface area (Å²) in [6.07, 6.45) is 0. The van der Waals surface area contributed by atoms with Crippen LogP contribution in [0.3, 0.4) is 0 Å². The lowest BCUT2D eigenvalue weighted by atomic mass is 10.1. The smallest absolute Gasteiger partial charge is 0.259 e. The Hall–Kier alpha value is -2.67. The molecule has 0 saturated heterocycles. The van der Waals surface area contributed by atoms with Crippen molar-refractivity contribution >= 4 is 33.6 Å². The van der Waals surface area contributed by atoms with Gasteiger partial charge in [0, 0.05) is 23.7 Å². The van der Waals surface area contributed by atoms with E-state index in [-0.39, 0.29) is 17.4 Å². The zero-order valence-corrected chi connectivity index (χ0v) is 14.8. The molecule has 1 aliphatic heterocycles. The molecule has 2 aromatic heterocycles. The lowest BCUT2D eigenvalue weighted by molar-refractivity contribution is -0.119. The van der Waals surface area contributed by atoms with Crippen LogP contribution in [-0.2, 0) is 11.3 Å². The molecule has 25 heavy (non-hydrogen) atoms. The van der Waals surface area contributed by atoms with E-state index >= 15 is 0 Å². The molecule has 1 aromatic carbocycles. The number of nitrogens with one attached hydrogen (secondary N) is 1. The van der Waals surface area contributed by atoms with E-state index in [0.717, 1.165) is 17.1 Å². The Morgan fingerprint density at radius 1 is 1.32 bits per heavy atom. The maximum Gasteiger partial charge on any atom is 0.259 e. The first-order chi connectivity index (χ1) is 12.0. The first-order valence-corrected chi connectivity index (χ1v) is 9.02. The van der Waals surface area contributed by atoms with Crippen LogP contribution < -0.4 is 15.8 Å². The van der Waals surface area contributed by atoms with E-state index in [1.54, 1.807) is 10.5 Å². The van der Waals surface area contributed by atoms with Gasteiger partial charge in [0.25, 0.3) is 5.56 Å².